The highest BCUT2D eigenvalue weighted by Gasteiger charge is 2.09. The normalized spacial score (nSPS) is 10.9. The van der Waals surface area contributed by atoms with E-state index in [1.54, 1.807) is 30.5 Å². The van der Waals surface area contributed by atoms with Gasteiger partial charge in [-0.2, -0.15) is 0 Å². The third-order valence-electron chi connectivity index (χ3n) is 3.68. The van der Waals surface area contributed by atoms with Crippen molar-refractivity contribution in [2.45, 2.75) is 13.2 Å². The van der Waals surface area contributed by atoms with Crippen molar-refractivity contribution in [2.24, 2.45) is 0 Å². The van der Waals surface area contributed by atoms with Crippen LogP contribution in [0.2, 0.25) is 5.02 Å². The molecule has 2 aromatic heterocycles. The van der Waals surface area contributed by atoms with Crippen LogP contribution in [0.15, 0.2) is 54.7 Å². The Morgan fingerprint density at radius 1 is 1.07 bits per heavy atom. The number of hydrogen-bond acceptors (Lipinski definition) is 6. The molecule has 2 heterocycles. The molecule has 1 N–H and O–H groups in total. The summed E-state index contributed by atoms with van der Waals surface area (Å²) in [4.78, 5) is 19.0. The van der Waals surface area contributed by atoms with Gasteiger partial charge in [0.1, 0.15) is 23.3 Å². The number of aromatic nitrogens is 6. The molecule has 0 radical (unpaired) electrons. The van der Waals surface area contributed by atoms with Gasteiger partial charge in [-0.05, 0) is 41.6 Å². The van der Waals surface area contributed by atoms with Gasteiger partial charge in [-0.3, -0.25) is 4.79 Å². The number of para-hydroxylation sites is 1. The summed E-state index contributed by atoms with van der Waals surface area (Å²) in [7, 11) is 0. The summed E-state index contributed by atoms with van der Waals surface area (Å²) in [6.45, 7) is 0.175. The highest BCUT2D eigenvalue weighted by Crippen LogP contribution is 2.13. The van der Waals surface area contributed by atoms with Crippen LogP contribution in [0.4, 0.5) is 5.69 Å². The molecule has 4 aromatic rings. The first-order valence-corrected chi connectivity index (χ1v) is 8.43. The quantitative estimate of drug-likeness (QED) is 0.546. The van der Waals surface area contributed by atoms with Gasteiger partial charge in [-0.1, -0.05) is 33.8 Å². The molecule has 0 fully saturated rings. The maximum absolute atomic E-state index is 12.1. The third kappa shape index (κ3) is 4.04. The van der Waals surface area contributed by atoms with Crippen LogP contribution in [-0.4, -0.2) is 36.1 Å². The molecule has 9 nitrogen and oxygen atoms in total. The van der Waals surface area contributed by atoms with Gasteiger partial charge in [0.25, 0.3) is 0 Å². The highest BCUT2D eigenvalue weighted by molar-refractivity contribution is 6.30. The average molecular weight is 384 g/mol. The number of nitrogens with zero attached hydrogens (tertiary/aromatic N) is 6. The van der Waals surface area contributed by atoms with Crippen molar-refractivity contribution in [3.63, 3.8) is 0 Å². The van der Waals surface area contributed by atoms with E-state index in [0.29, 0.717) is 16.4 Å². The largest absolute Gasteiger partial charge is 0.388 e. The van der Waals surface area contributed by atoms with E-state index in [9.17, 15) is 4.79 Å². The van der Waals surface area contributed by atoms with E-state index >= 15 is 0 Å². The minimum Gasteiger partial charge on any atom is -0.388 e. The Kier molecular flexibility index (Phi) is 4.67. The Morgan fingerprint density at radius 3 is 2.74 bits per heavy atom. The molecule has 10 heteroatoms. The summed E-state index contributed by atoms with van der Waals surface area (Å²) in [6, 6.07) is 14.3. The lowest BCUT2D eigenvalue weighted by atomic mass is 10.3. The number of rotatable bonds is 6. The highest BCUT2D eigenvalue weighted by atomic mass is 35.5. The summed E-state index contributed by atoms with van der Waals surface area (Å²) in [5.74, 6) is -0.225. The van der Waals surface area contributed by atoms with Crippen LogP contribution in [0, 0.1) is 0 Å². The maximum atomic E-state index is 12.1. The summed E-state index contributed by atoms with van der Waals surface area (Å²) >= 11 is 5.82. The number of amides is 1. The standard InChI is InChI=1S/C17H14ClN7O2/c18-12-5-7-13(8-6-12)19-17(26)10-24-9-14(20-22-24)11-27-25-16-4-2-1-3-15(16)21-23-25/h1-9H,10-11H2,(H,19,26). The average Bonchev–Trinajstić information content (AvgIpc) is 3.28. The van der Waals surface area contributed by atoms with Crippen molar-refractivity contribution in [1.82, 2.24) is 30.2 Å². The lowest BCUT2D eigenvalue weighted by Crippen LogP contribution is -2.19. The number of carbonyl (C=O) groups excluding carboxylic acids is 1. The predicted octanol–water partition coefficient (Wildman–Crippen LogP) is 1.94. The monoisotopic (exact) mass is 383 g/mol. The van der Waals surface area contributed by atoms with Crippen molar-refractivity contribution >= 4 is 34.2 Å². The molecule has 0 bridgehead atoms. The van der Waals surface area contributed by atoms with Crippen molar-refractivity contribution in [3.05, 3.63) is 65.4 Å². The van der Waals surface area contributed by atoms with Crippen molar-refractivity contribution in [1.29, 1.82) is 0 Å². The molecule has 0 aliphatic rings. The SMILES string of the molecule is O=C(Cn1cc(COn2nnc3ccccc32)nn1)Nc1ccc(Cl)cc1. The molecule has 136 valence electrons. The zero-order valence-corrected chi connectivity index (χ0v) is 14.7. The first kappa shape index (κ1) is 17.0. The van der Waals surface area contributed by atoms with Crippen LogP contribution in [0.5, 0.6) is 0 Å². The van der Waals surface area contributed by atoms with Gasteiger partial charge < -0.3 is 10.2 Å². The second-order valence-corrected chi connectivity index (χ2v) is 6.12. The molecule has 0 aliphatic carbocycles. The van der Waals surface area contributed by atoms with Gasteiger partial charge >= 0.3 is 0 Å². The fourth-order valence-corrected chi connectivity index (χ4v) is 2.56. The fourth-order valence-electron chi connectivity index (χ4n) is 2.43. The Bertz CT molecular complexity index is 1070. The predicted molar refractivity (Wildman–Crippen MR) is 97.9 cm³/mol. The van der Waals surface area contributed by atoms with Crippen molar-refractivity contribution in [3.8, 4) is 0 Å². The van der Waals surface area contributed by atoms with Crippen molar-refractivity contribution < 1.29 is 9.63 Å². The molecule has 27 heavy (non-hydrogen) atoms. The zero-order chi connectivity index (χ0) is 18.6. The maximum Gasteiger partial charge on any atom is 0.246 e. The molecule has 0 unspecified atom stereocenters. The van der Waals surface area contributed by atoms with Crippen LogP contribution in [0.3, 0.4) is 0 Å². The fraction of sp³-hybridized carbons (Fsp3) is 0.118. The van der Waals surface area contributed by atoms with Crippen LogP contribution in [0.1, 0.15) is 5.69 Å². The van der Waals surface area contributed by atoms with Crippen LogP contribution >= 0.6 is 11.6 Å². The second kappa shape index (κ2) is 7.42. The molecule has 2 aromatic carbocycles. The summed E-state index contributed by atoms with van der Waals surface area (Å²) in [5.41, 5.74) is 2.72. The number of halogens is 1. The number of hydrogen-bond donors (Lipinski definition) is 1. The van der Waals surface area contributed by atoms with Gasteiger partial charge in [0.05, 0.1) is 6.20 Å². The summed E-state index contributed by atoms with van der Waals surface area (Å²) in [5, 5.41) is 19.2. The number of carbonyl (C=O) groups is 1. The number of anilines is 1. The summed E-state index contributed by atoms with van der Waals surface area (Å²) < 4.78 is 1.43. The minimum absolute atomic E-state index is 0.0296. The van der Waals surface area contributed by atoms with Gasteiger partial charge in [0, 0.05) is 10.7 Å². The van der Waals surface area contributed by atoms with Gasteiger partial charge in [-0.25, -0.2) is 4.68 Å². The molecule has 1 amide bonds. The zero-order valence-electron chi connectivity index (χ0n) is 14.0. The topological polar surface area (TPSA) is 99.8 Å². The number of fused-ring (bicyclic) bond motifs is 1. The van der Waals surface area contributed by atoms with Gasteiger partial charge in [0.2, 0.25) is 5.91 Å². The Morgan fingerprint density at radius 2 is 1.89 bits per heavy atom. The number of benzene rings is 2. The van der Waals surface area contributed by atoms with E-state index in [1.165, 1.54) is 9.53 Å². The first-order valence-electron chi connectivity index (χ1n) is 8.05. The van der Waals surface area contributed by atoms with Crippen LogP contribution in [-0.2, 0) is 17.9 Å². The van der Waals surface area contributed by atoms with Gasteiger partial charge in [0.15, 0.2) is 6.61 Å². The molecule has 0 atom stereocenters. The molecular weight excluding hydrogens is 370 g/mol. The Hall–Kier alpha value is -3.46. The summed E-state index contributed by atoms with van der Waals surface area (Å²) in [6.07, 6.45) is 1.64. The van der Waals surface area contributed by atoms with E-state index in [-0.39, 0.29) is 19.1 Å². The van der Waals surface area contributed by atoms with E-state index < -0.39 is 0 Å². The van der Waals surface area contributed by atoms with E-state index in [4.69, 9.17) is 16.4 Å². The Labute approximate surface area is 158 Å². The van der Waals surface area contributed by atoms with Crippen LogP contribution in [0.25, 0.3) is 11.0 Å². The van der Waals surface area contributed by atoms with Crippen LogP contribution < -0.4 is 10.2 Å². The Balaban J connectivity index is 1.34. The lowest BCUT2D eigenvalue weighted by molar-refractivity contribution is -0.116. The first-order chi connectivity index (χ1) is 13.2. The third-order valence-corrected chi connectivity index (χ3v) is 3.93. The van der Waals surface area contributed by atoms with Gasteiger partial charge in [-0.15, -0.1) is 10.2 Å². The van der Waals surface area contributed by atoms with Crippen molar-refractivity contribution in [2.75, 3.05) is 5.32 Å². The number of nitrogens with one attached hydrogen (secondary N) is 1. The molecular formula is C17H14ClN7O2. The molecule has 0 aliphatic heterocycles. The molecule has 4 rings (SSSR count). The lowest BCUT2D eigenvalue weighted by Gasteiger charge is -2.05. The molecule has 0 saturated heterocycles. The minimum atomic E-state index is -0.225. The molecule has 0 spiro atoms. The van der Waals surface area contributed by atoms with E-state index in [1.807, 2.05) is 24.3 Å². The smallest absolute Gasteiger partial charge is 0.246 e. The molecule has 0 saturated carbocycles. The van der Waals surface area contributed by atoms with E-state index in [2.05, 4.69) is 25.9 Å². The van der Waals surface area contributed by atoms with E-state index in [0.717, 1.165) is 11.0 Å². The second-order valence-electron chi connectivity index (χ2n) is 5.69.